The van der Waals surface area contributed by atoms with Crippen LogP contribution in [-0.4, -0.2) is 37.0 Å². The number of amides is 2. The number of anilines is 1. The predicted octanol–water partition coefficient (Wildman–Crippen LogP) is 5.06. The zero-order valence-corrected chi connectivity index (χ0v) is 21.4. The first kappa shape index (κ1) is 25.4. The van der Waals surface area contributed by atoms with Gasteiger partial charge >= 0.3 is 0 Å². The standard InChI is InChI=1S/C29H30N2O7/c1-3-35-21-12-10-19(11-13-21)27(28(33)30-20-7-4-5-8-20)31(29(34)24-9-6-14-36-24)23-16-26-25(37-17-38-26)15-22(23)18(2)32/h6,9-16,20,27H,3-5,7-8,17H2,1-2H3,(H,30,33). The highest BCUT2D eigenvalue weighted by Crippen LogP contribution is 2.42. The lowest BCUT2D eigenvalue weighted by Crippen LogP contribution is -2.46. The maximum Gasteiger partial charge on any atom is 0.294 e. The first-order valence-corrected chi connectivity index (χ1v) is 12.8. The van der Waals surface area contributed by atoms with E-state index in [2.05, 4.69) is 5.32 Å². The second-order valence-corrected chi connectivity index (χ2v) is 9.33. The van der Waals surface area contributed by atoms with Crippen LogP contribution in [0.4, 0.5) is 5.69 Å². The van der Waals surface area contributed by atoms with E-state index in [9.17, 15) is 14.4 Å². The van der Waals surface area contributed by atoms with E-state index in [0.29, 0.717) is 29.4 Å². The smallest absolute Gasteiger partial charge is 0.294 e. The molecule has 38 heavy (non-hydrogen) atoms. The van der Waals surface area contributed by atoms with E-state index in [1.165, 1.54) is 24.2 Å². The third-order valence-corrected chi connectivity index (χ3v) is 6.80. The number of ketones is 1. The van der Waals surface area contributed by atoms with Crippen LogP contribution in [0.15, 0.2) is 59.2 Å². The molecule has 5 rings (SSSR count). The molecule has 1 atom stereocenters. The van der Waals surface area contributed by atoms with Gasteiger partial charge in [0.15, 0.2) is 23.0 Å². The van der Waals surface area contributed by atoms with Gasteiger partial charge in [0, 0.05) is 17.7 Å². The number of carbonyl (C=O) groups is 3. The van der Waals surface area contributed by atoms with Crippen molar-refractivity contribution >= 4 is 23.3 Å². The summed E-state index contributed by atoms with van der Waals surface area (Å²) in [5.74, 6) is 0.229. The summed E-state index contributed by atoms with van der Waals surface area (Å²) in [6, 6.07) is 12.2. The molecule has 1 aliphatic heterocycles. The number of fused-ring (bicyclic) bond motifs is 1. The van der Waals surface area contributed by atoms with Gasteiger partial charge < -0.3 is 23.9 Å². The molecular weight excluding hydrogens is 488 g/mol. The van der Waals surface area contributed by atoms with Crippen LogP contribution in [0.5, 0.6) is 17.2 Å². The Morgan fingerprint density at radius 2 is 1.76 bits per heavy atom. The molecule has 9 heteroatoms. The Morgan fingerprint density at radius 1 is 1.05 bits per heavy atom. The molecule has 198 valence electrons. The second-order valence-electron chi connectivity index (χ2n) is 9.33. The van der Waals surface area contributed by atoms with Crippen LogP contribution >= 0.6 is 0 Å². The highest BCUT2D eigenvalue weighted by atomic mass is 16.7. The summed E-state index contributed by atoms with van der Waals surface area (Å²) in [4.78, 5) is 42.2. The minimum Gasteiger partial charge on any atom is -0.494 e. The fraction of sp³-hybridized carbons (Fsp3) is 0.345. The summed E-state index contributed by atoms with van der Waals surface area (Å²) in [7, 11) is 0. The number of ether oxygens (including phenoxy) is 3. The van der Waals surface area contributed by atoms with Gasteiger partial charge in [-0.05, 0) is 62.6 Å². The molecular formula is C29H30N2O7. The number of furan rings is 1. The molecule has 1 N–H and O–H groups in total. The second kappa shape index (κ2) is 11.0. The van der Waals surface area contributed by atoms with E-state index in [4.69, 9.17) is 18.6 Å². The van der Waals surface area contributed by atoms with Gasteiger partial charge in [0.1, 0.15) is 11.8 Å². The predicted molar refractivity (Wildman–Crippen MR) is 139 cm³/mol. The molecule has 0 bridgehead atoms. The van der Waals surface area contributed by atoms with Gasteiger partial charge in [-0.25, -0.2) is 0 Å². The minimum absolute atomic E-state index is 0.00720. The van der Waals surface area contributed by atoms with E-state index in [1.807, 2.05) is 6.92 Å². The Hall–Kier alpha value is -4.27. The van der Waals surface area contributed by atoms with Crippen LogP contribution in [0.25, 0.3) is 0 Å². The zero-order chi connectivity index (χ0) is 26.6. The molecule has 9 nitrogen and oxygen atoms in total. The quantitative estimate of drug-likeness (QED) is 0.395. The first-order valence-electron chi connectivity index (χ1n) is 12.8. The molecule has 3 aromatic rings. The van der Waals surface area contributed by atoms with Crippen molar-refractivity contribution in [3.63, 3.8) is 0 Å². The first-order chi connectivity index (χ1) is 18.5. The summed E-state index contributed by atoms with van der Waals surface area (Å²) in [6.07, 6.45) is 5.20. The van der Waals surface area contributed by atoms with Crippen LogP contribution in [0, 0.1) is 0 Å². The molecule has 1 fully saturated rings. The van der Waals surface area contributed by atoms with Crippen molar-refractivity contribution in [1.82, 2.24) is 5.32 Å². The fourth-order valence-electron chi connectivity index (χ4n) is 4.98. The number of carbonyl (C=O) groups excluding carboxylic acids is 3. The van der Waals surface area contributed by atoms with Crippen LogP contribution in [0.2, 0.25) is 0 Å². The third kappa shape index (κ3) is 5.09. The Balaban J connectivity index is 1.67. The molecule has 1 aliphatic carbocycles. The van der Waals surface area contributed by atoms with E-state index in [0.717, 1.165) is 25.7 Å². The molecule has 0 radical (unpaired) electrons. The lowest BCUT2D eigenvalue weighted by Gasteiger charge is -2.33. The Labute approximate surface area is 220 Å². The molecule has 0 saturated heterocycles. The van der Waals surface area contributed by atoms with Crippen LogP contribution in [0.3, 0.4) is 0 Å². The number of hydrogen-bond donors (Lipinski definition) is 1. The maximum absolute atomic E-state index is 14.1. The van der Waals surface area contributed by atoms with Gasteiger partial charge in [-0.15, -0.1) is 0 Å². The molecule has 1 aromatic heterocycles. The number of nitrogens with one attached hydrogen (secondary N) is 1. The van der Waals surface area contributed by atoms with Crippen molar-refractivity contribution in [2.24, 2.45) is 0 Å². The fourth-order valence-corrected chi connectivity index (χ4v) is 4.98. The number of rotatable bonds is 9. The van der Waals surface area contributed by atoms with Crippen LogP contribution in [-0.2, 0) is 4.79 Å². The van der Waals surface area contributed by atoms with Crippen molar-refractivity contribution in [3.05, 3.63) is 71.7 Å². The van der Waals surface area contributed by atoms with Crippen molar-refractivity contribution in [3.8, 4) is 17.2 Å². The molecule has 2 heterocycles. The van der Waals surface area contributed by atoms with Crippen LogP contribution < -0.4 is 24.4 Å². The Morgan fingerprint density at radius 3 is 2.39 bits per heavy atom. The highest BCUT2D eigenvalue weighted by Gasteiger charge is 2.38. The normalized spacial score (nSPS) is 15.2. The average molecular weight is 519 g/mol. The van der Waals surface area contributed by atoms with Gasteiger partial charge in [-0.2, -0.15) is 0 Å². The van der Waals surface area contributed by atoms with E-state index in [-0.39, 0.29) is 41.5 Å². The summed E-state index contributed by atoms with van der Waals surface area (Å²) in [5, 5.41) is 3.13. The van der Waals surface area contributed by atoms with E-state index < -0.39 is 11.9 Å². The number of nitrogens with zero attached hydrogens (tertiary/aromatic N) is 1. The third-order valence-electron chi connectivity index (χ3n) is 6.80. The molecule has 1 saturated carbocycles. The zero-order valence-electron chi connectivity index (χ0n) is 21.4. The van der Waals surface area contributed by atoms with Crippen molar-refractivity contribution < 1.29 is 33.0 Å². The highest BCUT2D eigenvalue weighted by molar-refractivity contribution is 6.13. The van der Waals surface area contributed by atoms with Gasteiger partial charge in [0.2, 0.25) is 12.7 Å². The van der Waals surface area contributed by atoms with Crippen molar-refractivity contribution in [1.29, 1.82) is 0 Å². The molecule has 2 amide bonds. The maximum atomic E-state index is 14.1. The Kier molecular flexibility index (Phi) is 7.35. The average Bonchev–Trinajstić information content (AvgIpc) is 3.70. The van der Waals surface area contributed by atoms with E-state index >= 15 is 0 Å². The van der Waals surface area contributed by atoms with Gasteiger partial charge in [0.25, 0.3) is 5.91 Å². The largest absolute Gasteiger partial charge is 0.494 e. The monoisotopic (exact) mass is 518 g/mol. The molecule has 2 aromatic carbocycles. The van der Waals surface area contributed by atoms with Gasteiger partial charge in [0.05, 0.1) is 18.6 Å². The molecule has 2 aliphatic rings. The topological polar surface area (TPSA) is 107 Å². The lowest BCUT2D eigenvalue weighted by atomic mass is 9.99. The number of Topliss-reactive ketones (excluding diaryl/α,β-unsaturated/α-hetero) is 1. The summed E-state index contributed by atoms with van der Waals surface area (Å²) in [6.45, 7) is 3.78. The summed E-state index contributed by atoms with van der Waals surface area (Å²) >= 11 is 0. The minimum atomic E-state index is -1.11. The van der Waals surface area contributed by atoms with Crippen molar-refractivity contribution in [2.75, 3.05) is 18.3 Å². The van der Waals surface area contributed by atoms with Gasteiger partial charge in [-0.3, -0.25) is 19.3 Å². The summed E-state index contributed by atoms with van der Waals surface area (Å²) < 4.78 is 22.1. The SMILES string of the molecule is CCOc1ccc(C(C(=O)NC2CCCC2)N(C(=O)c2ccco2)c2cc3c(cc2C(C)=O)OCO3)cc1. The van der Waals surface area contributed by atoms with Gasteiger partial charge in [-0.1, -0.05) is 25.0 Å². The van der Waals surface area contributed by atoms with Crippen LogP contribution in [0.1, 0.15) is 72.0 Å². The summed E-state index contributed by atoms with van der Waals surface area (Å²) in [5.41, 5.74) is 0.999. The van der Waals surface area contributed by atoms with E-state index in [1.54, 1.807) is 42.5 Å². The van der Waals surface area contributed by atoms with Crippen molar-refractivity contribution in [2.45, 2.75) is 51.6 Å². The lowest BCUT2D eigenvalue weighted by molar-refractivity contribution is -0.123. The number of benzene rings is 2. The molecule has 1 unspecified atom stereocenters. The molecule has 0 spiro atoms. The number of hydrogen-bond acceptors (Lipinski definition) is 7. The Bertz CT molecular complexity index is 1310.